The van der Waals surface area contributed by atoms with Gasteiger partial charge in [0.2, 0.25) is 0 Å². The molecular weight excluding hydrogens is 401 g/mol. The number of hydrogen-bond donors (Lipinski definition) is 0. The topological polar surface area (TPSA) is 63.9 Å². The number of amides is 1. The Kier molecular flexibility index (Phi) is 4.21. The normalized spacial score (nSPS) is 19.0. The largest absolute Gasteiger partial charge is 0.327 e. The van der Waals surface area contributed by atoms with Crippen LogP contribution in [0.2, 0.25) is 4.34 Å². The zero-order chi connectivity index (χ0) is 19.4. The van der Waals surface area contributed by atoms with Crippen molar-refractivity contribution in [3.8, 4) is 10.8 Å². The van der Waals surface area contributed by atoms with Crippen molar-refractivity contribution in [2.75, 3.05) is 6.54 Å². The van der Waals surface area contributed by atoms with E-state index in [1.54, 1.807) is 4.90 Å². The van der Waals surface area contributed by atoms with E-state index in [9.17, 15) is 9.18 Å². The van der Waals surface area contributed by atoms with Gasteiger partial charge in [-0.2, -0.15) is 0 Å². The number of carbonyl (C=O) groups is 1. The standard InChI is InChI=1S/C19H17ClFN5OS/c1-10-16-23-24-17(18-22-14(11-2-3-11)15(20)28-18)26(16)9-8-25(10)19(27)12-4-6-13(21)7-5-12/h4-7,10-11H,2-3,8-9H2,1H3/t10-/m1/s1. The first-order valence-electron chi connectivity index (χ1n) is 9.19. The molecule has 1 saturated carbocycles. The number of nitrogens with zero attached hydrogens (tertiary/aromatic N) is 5. The molecule has 1 aromatic carbocycles. The number of halogens is 2. The summed E-state index contributed by atoms with van der Waals surface area (Å²) in [4.78, 5) is 19.3. The van der Waals surface area contributed by atoms with Gasteiger partial charge in [-0.15, -0.1) is 10.2 Å². The minimum atomic E-state index is -0.361. The zero-order valence-electron chi connectivity index (χ0n) is 15.1. The summed E-state index contributed by atoms with van der Waals surface area (Å²) in [6.07, 6.45) is 2.27. The van der Waals surface area contributed by atoms with E-state index in [1.165, 1.54) is 35.6 Å². The first-order chi connectivity index (χ1) is 13.5. The van der Waals surface area contributed by atoms with Gasteiger partial charge >= 0.3 is 0 Å². The van der Waals surface area contributed by atoms with E-state index in [1.807, 2.05) is 11.5 Å². The maximum atomic E-state index is 13.2. The molecule has 1 aliphatic heterocycles. The van der Waals surface area contributed by atoms with E-state index in [0.717, 1.165) is 33.7 Å². The molecule has 3 heterocycles. The highest BCUT2D eigenvalue weighted by Crippen LogP contribution is 2.46. The highest BCUT2D eigenvalue weighted by molar-refractivity contribution is 7.19. The maximum Gasteiger partial charge on any atom is 0.254 e. The first kappa shape index (κ1) is 17.8. The molecule has 9 heteroatoms. The summed E-state index contributed by atoms with van der Waals surface area (Å²) < 4.78 is 15.9. The second-order valence-electron chi connectivity index (χ2n) is 7.17. The first-order valence-corrected chi connectivity index (χ1v) is 10.4. The second kappa shape index (κ2) is 6.63. The van der Waals surface area contributed by atoms with Crippen LogP contribution in [0.5, 0.6) is 0 Å². The molecule has 1 aliphatic carbocycles. The Balaban J connectivity index is 1.44. The van der Waals surface area contributed by atoms with Crippen molar-refractivity contribution >= 4 is 28.8 Å². The number of benzene rings is 1. The van der Waals surface area contributed by atoms with E-state index in [-0.39, 0.29) is 17.8 Å². The Morgan fingerprint density at radius 3 is 2.68 bits per heavy atom. The van der Waals surface area contributed by atoms with Gasteiger partial charge in [-0.1, -0.05) is 22.9 Å². The molecule has 5 rings (SSSR count). The monoisotopic (exact) mass is 417 g/mol. The third-order valence-electron chi connectivity index (χ3n) is 5.30. The van der Waals surface area contributed by atoms with Crippen molar-refractivity contribution < 1.29 is 9.18 Å². The van der Waals surface area contributed by atoms with Crippen LogP contribution in [-0.4, -0.2) is 37.1 Å². The molecule has 6 nitrogen and oxygen atoms in total. The van der Waals surface area contributed by atoms with E-state index >= 15 is 0 Å². The van der Waals surface area contributed by atoms with E-state index < -0.39 is 0 Å². The highest BCUT2D eigenvalue weighted by atomic mass is 35.5. The Hall–Kier alpha value is -2.32. The smallest absolute Gasteiger partial charge is 0.254 e. The van der Waals surface area contributed by atoms with Gasteiger partial charge in [-0.25, -0.2) is 9.37 Å². The quantitative estimate of drug-likeness (QED) is 0.637. The van der Waals surface area contributed by atoms with Gasteiger partial charge in [0, 0.05) is 24.6 Å². The van der Waals surface area contributed by atoms with Gasteiger partial charge in [-0.3, -0.25) is 4.79 Å². The third kappa shape index (κ3) is 2.91. The fraction of sp³-hybridized carbons (Fsp3) is 0.368. The van der Waals surface area contributed by atoms with Crippen LogP contribution in [0.25, 0.3) is 10.8 Å². The van der Waals surface area contributed by atoms with Crippen LogP contribution in [0, 0.1) is 5.82 Å². The molecule has 2 aromatic heterocycles. The van der Waals surface area contributed by atoms with Crippen LogP contribution >= 0.6 is 22.9 Å². The van der Waals surface area contributed by atoms with Crippen LogP contribution < -0.4 is 0 Å². The summed E-state index contributed by atoms with van der Waals surface area (Å²) in [6, 6.07) is 5.36. The number of fused-ring (bicyclic) bond motifs is 1. The average Bonchev–Trinajstić information content (AvgIpc) is 3.32. The summed E-state index contributed by atoms with van der Waals surface area (Å²) in [7, 11) is 0. The Labute approximate surface area is 170 Å². The molecule has 3 aromatic rings. The predicted octanol–water partition coefficient (Wildman–Crippen LogP) is 4.29. The lowest BCUT2D eigenvalue weighted by atomic mass is 10.1. The van der Waals surface area contributed by atoms with Crippen molar-refractivity contribution in [2.45, 2.75) is 38.3 Å². The summed E-state index contributed by atoms with van der Waals surface area (Å²) in [5.41, 5.74) is 1.43. The fourth-order valence-electron chi connectivity index (χ4n) is 3.60. The average molecular weight is 418 g/mol. The Morgan fingerprint density at radius 1 is 1.21 bits per heavy atom. The molecule has 0 N–H and O–H groups in total. The summed E-state index contributed by atoms with van der Waals surface area (Å²) in [5, 5.41) is 9.46. The van der Waals surface area contributed by atoms with Crippen molar-refractivity contribution in [3.05, 3.63) is 51.5 Å². The second-order valence-corrected chi connectivity index (χ2v) is 8.77. The van der Waals surface area contributed by atoms with Crippen LogP contribution in [-0.2, 0) is 6.54 Å². The van der Waals surface area contributed by atoms with Gasteiger partial charge < -0.3 is 9.47 Å². The molecule has 0 saturated heterocycles. The highest BCUT2D eigenvalue weighted by Gasteiger charge is 2.34. The SMILES string of the molecule is C[C@@H]1c2nnc(-c3nc(C4CC4)c(Cl)s3)n2CCN1C(=O)c1ccc(F)cc1. The molecule has 1 atom stereocenters. The van der Waals surface area contributed by atoms with Crippen LogP contribution in [0.3, 0.4) is 0 Å². The molecule has 2 aliphatic rings. The van der Waals surface area contributed by atoms with E-state index in [0.29, 0.717) is 30.4 Å². The minimum Gasteiger partial charge on any atom is -0.327 e. The molecule has 0 bridgehead atoms. The van der Waals surface area contributed by atoms with Crippen LogP contribution in [0.15, 0.2) is 24.3 Å². The minimum absolute atomic E-state index is 0.142. The van der Waals surface area contributed by atoms with Gasteiger partial charge in [0.05, 0.1) is 11.7 Å². The summed E-state index contributed by atoms with van der Waals surface area (Å²) >= 11 is 7.81. The van der Waals surface area contributed by atoms with Crippen LogP contribution in [0.1, 0.15) is 53.6 Å². The molecular formula is C19H17ClFN5OS. The molecule has 1 amide bonds. The number of carbonyl (C=O) groups excluding carboxylic acids is 1. The third-order valence-corrected chi connectivity index (χ3v) is 6.58. The van der Waals surface area contributed by atoms with Crippen molar-refractivity contribution in [1.29, 1.82) is 0 Å². The van der Waals surface area contributed by atoms with Gasteiger partial charge in [0.15, 0.2) is 16.7 Å². The van der Waals surface area contributed by atoms with Crippen LogP contribution in [0.4, 0.5) is 4.39 Å². The zero-order valence-corrected chi connectivity index (χ0v) is 16.7. The maximum absolute atomic E-state index is 13.2. The molecule has 0 spiro atoms. The lowest BCUT2D eigenvalue weighted by molar-refractivity contribution is 0.0638. The van der Waals surface area contributed by atoms with E-state index in [4.69, 9.17) is 16.6 Å². The van der Waals surface area contributed by atoms with Gasteiger partial charge in [0.25, 0.3) is 5.91 Å². The molecule has 0 unspecified atom stereocenters. The lowest BCUT2D eigenvalue weighted by Crippen LogP contribution is -2.41. The summed E-state index contributed by atoms with van der Waals surface area (Å²) in [5.74, 6) is 1.39. The molecule has 28 heavy (non-hydrogen) atoms. The number of hydrogen-bond acceptors (Lipinski definition) is 5. The molecule has 144 valence electrons. The van der Waals surface area contributed by atoms with Crippen molar-refractivity contribution in [1.82, 2.24) is 24.6 Å². The molecule has 0 radical (unpaired) electrons. The fourth-order valence-corrected chi connectivity index (χ4v) is 4.89. The predicted molar refractivity (Wildman–Crippen MR) is 104 cm³/mol. The number of thiazole rings is 1. The number of aromatic nitrogens is 4. The Bertz CT molecular complexity index is 1060. The molecule has 1 fully saturated rings. The summed E-state index contributed by atoms with van der Waals surface area (Å²) in [6.45, 7) is 3.02. The lowest BCUT2D eigenvalue weighted by Gasteiger charge is -2.33. The van der Waals surface area contributed by atoms with Gasteiger partial charge in [0.1, 0.15) is 10.2 Å². The van der Waals surface area contributed by atoms with Crippen molar-refractivity contribution in [3.63, 3.8) is 0 Å². The van der Waals surface area contributed by atoms with Crippen molar-refractivity contribution in [2.24, 2.45) is 0 Å². The van der Waals surface area contributed by atoms with E-state index in [2.05, 4.69) is 10.2 Å². The Morgan fingerprint density at radius 2 is 1.96 bits per heavy atom. The number of rotatable bonds is 3. The van der Waals surface area contributed by atoms with Gasteiger partial charge in [-0.05, 0) is 44.0 Å².